The van der Waals surface area contributed by atoms with Gasteiger partial charge in [0.1, 0.15) is 0 Å². The molecule has 0 saturated heterocycles. The van der Waals surface area contributed by atoms with Gasteiger partial charge >= 0.3 is 0 Å². The van der Waals surface area contributed by atoms with Crippen LogP contribution in [0.4, 0.5) is 0 Å². The first-order valence-electron chi connectivity index (χ1n) is 6.21. The summed E-state index contributed by atoms with van der Waals surface area (Å²) in [6, 6.07) is 8.47. The van der Waals surface area contributed by atoms with Gasteiger partial charge in [0.2, 0.25) is 0 Å². The van der Waals surface area contributed by atoms with Gasteiger partial charge in [-0.05, 0) is 25.0 Å². The molecule has 1 atom stereocenters. The van der Waals surface area contributed by atoms with E-state index in [1.165, 1.54) is 16.7 Å². The fourth-order valence-corrected chi connectivity index (χ4v) is 2.01. The summed E-state index contributed by atoms with van der Waals surface area (Å²) in [6.07, 6.45) is 7.86. The van der Waals surface area contributed by atoms with E-state index >= 15 is 0 Å². The van der Waals surface area contributed by atoms with Gasteiger partial charge in [-0.3, -0.25) is 0 Å². The molecule has 1 nitrogen and oxygen atoms in total. The van der Waals surface area contributed by atoms with Crippen LogP contribution in [-0.2, 0) is 4.74 Å². The number of hydrogen-bond acceptors (Lipinski definition) is 1. The summed E-state index contributed by atoms with van der Waals surface area (Å²) in [6.45, 7) is 8.66. The highest BCUT2D eigenvalue weighted by Crippen LogP contribution is 2.27. The average molecular weight is 242 g/mol. The molecule has 1 heteroatoms. The van der Waals surface area contributed by atoms with E-state index in [1.807, 2.05) is 12.2 Å². The zero-order valence-electron chi connectivity index (χ0n) is 11.5. The lowest BCUT2D eigenvalue weighted by Gasteiger charge is -2.19. The third kappa shape index (κ3) is 4.01. The van der Waals surface area contributed by atoms with Gasteiger partial charge in [-0.2, -0.15) is 0 Å². The smallest absolute Gasteiger partial charge is 0.0568 e. The molecule has 0 radical (unpaired) electrons. The van der Waals surface area contributed by atoms with Crippen LogP contribution < -0.4 is 0 Å². The minimum Gasteiger partial charge on any atom is -0.384 e. The predicted molar refractivity (Wildman–Crippen MR) is 78.9 cm³/mol. The van der Waals surface area contributed by atoms with Crippen LogP contribution in [0.2, 0.25) is 0 Å². The first-order chi connectivity index (χ1) is 8.70. The molecule has 0 aromatic heterocycles. The fraction of sp³-hybridized carbons (Fsp3) is 0.294. The minimum atomic E-state index is 0.311. The van der Waals surface area contributed by atoms with Crippen molar-refractivity contribution < 1.29 is 4.74 Å². The van der Waals surface area contributed by atoms with Crippen molar-refractivity contribution >= 4 is 0 Å². The Balaban J connectivity index is 3.02. The van der Waals surface area contributed by atoms with Crippen LogP contribution in [0.15, 0.2) is 60.7 Å². The number of rotatable bonds is 6. The third-order valence-electron chi connectivity index (χ3n) is 3.05. The van der Waals surface area contributed by atoms with Crippen molar-refractivity contribution in [3.8, 4) is 0 Å². The van der Waals surface area contributed by atoms with Gasteiger partial charge in [0, 0.05) is 13.0 Å². The molecule has 1 rings (SSSR count). The summed E-state index contributed by atoms with van der Waals surface area (Å²) in [7, 11) is 1.75. The highest BCUT2D eigenvalue weighted by Gasteiger charge is 2.14. The molecule has 1 aromatic carbocycles. The van der Waals surface area contributed by atoms with E-state index in [0.717, 1.165) is 0 Å². The Morgan fingerprint density at radius 1 is 1.33 bits per heavy atom. The number of allylic oxidation sites excluding steroid dienone is 4. The molecule has 0 bridgehead atoms. The first-order valence-corrected chi connectivity index (χ1v) is 6.21. The number of benzene rings is 1. The Morgan fingerprint density at radius 2 is 2.06 bits per heavy atom. The minimum absolute atomic E-state index is 0.311. The number of ether oxygens (including phenoxy) is 1. The highest BCUT2D eigenvalue weighted by molar-refractivity contribution is 5.36. The zero-order valence-corrected chi connectivity index (χ0v) is 11.5. The molecule has 1 aromatic rings. The van der Waals surface area contributed by atoms with E-state index in [-0.39, 0.29) is 0 Å². The summed E-state index contributed by atoms with van der Waals surface area (Å²) in [5.41, 5.74) is 3.93. The van der Waals surface area contributed by atoms with Gasteiger partial charge in [0.25, 0.3) is 0 Å². The molecule has 0 heterocycles. The van der Waals surface area contributed by atoms with Crippen LogP contribution >= 0.6 is 0 Å². The number of methoxy groups -OCH3 is 1. The van der Waals surface area contributed by atoms with E-state index in [4.69, 9.17) is 4.74 Å². The molecule has 0 aliphatic heterocycles. The maximum absolute atomic E-state index is 5.36. The van der Waals surface area contributed by atoms with Crippen LogP contribution in [0.3, 0.4) is 0 Å². The fourth-order valence-electron chi connectivity index (χ4n) is 2.01. The average Bonchev–Trinajstić information content (AvgIpc) is 2.37. The SMILES string of the molecule is C=C/C=C\C=C(/C)C(COC)c1ccccc1C. The zero-order chi connectivity index (χ0) is 13.4. The second-order valence-corrected chi connectivity index (χ2v) is 4.40. The van der Waals surface area contributed by atoms with Crippen molar-refractivity contribution in [2.24, 2.45) is 0 Å². The van der Waals surface area contributed by atoms with Gasteiger partial charge < -0.3 is 4.74 Å². The van der Waals surface area contributed by atoms with Crippen LogP contribution in [0, 0.1) is 6.92 Å². The molecule has 96 valence electrons. The molecule has 0 saturated carbocycles. The van der Waals surface area contributed by atoms with Crippen LogP contribution in [0.1, 0.15) is 24.0 Å². The summed E-state index contributed by atoms with van der Waals surface area (Å²) in [5, 5.41) is 0. The van der Waals surface area contributed by atoms with E-state index < -0.39 is 0 Å². The third-order valence-corrected chi connectivity index (χ3v) is 3.05. The Bertz CT molecular complexity index is 441. The van der Waals surface area contributed by atoms with Gasteiger partial charge in [-0.15, -0.1) is 0 Å². The standard InChI is InChI=1S/C17H22O/c1-5-6-7-10-15(3)17(13-18-4)16-12-9-8-11-14(16)2/h5-12,17H,1,13H2,2-4H3/b7-6-,15-10+. The molecule has 1 unspecified atom stereocenters. The van der Waals surface area contributed by atoms with E-state index in [1.54, 1.807) is 13.2 Å². The van der Waals surface area contributed by atoms with Crippen molar-refractivity contribution in [1.82, 2.24) is 0 Å². The van der Waals surface area contributed by atoms with Gasteiger partial charge in [0.05, 0.1) is 6.61 Å². The van der Waals surface area contributed by atoms with Crippen LogP contribution in [0.5, 0.6) is 0 Å². The molecule has 0 N–H and O–H groups in total. The van der Waals surface area contributed by atoms with E-state index in [0.29, 0.717) is 12.5 Å². The Labute approximate surface area is 110 Å². The largest absolute Gasteiger partial charge is 0.384 e. The second kappa shape index (κ2) is 7.67. The molecule has 0 spiro atoms. The Morgan fingerprint density at radius 3 is 2.67 bits per heavy atom. The summed E-state index contributed by atoms with van der Waals surface area (Å²) in [4.78, 5) is 0. The monoisotopic (exact) mass is 242 g/mol. The summed E-state index contributed by atoms with van der Waals surface area (Å²) < 4.78 is 5.36. The quantitative estimate of drug-likeness (QED) is 0.671. The van der Waals surface area contributed by atoms with E-state index in [9.17, 15) is 0 Å². The van der Waals surface area contributed by atoms with Crippen molar-refractivity contribution in [1.29, 1.82) is 0 Å². The Kier molecular flexibility index (Phi) is 6.16. The molecule has 0 aliphatic carbocycles. The van der Waals surface area contributed by atoms with Gasteiger partial charge in [-0.25, -0.2) is 0 Å². The summed E-state index contributed by atoms with van der Waals surface area (Å²) in [5.74, 6) is 0.311. The molecule has 0 amide bonds. The number of aryl methyl sites for hydroxylation is 1. The van der Waals surface area contributed by atoms with Gasteiger partial charge in [0.15, 0.2) is 0 Å². The van der Waals surface area contributed by atoms with Crippen molar-refractivity contribution in [3.05, 3.63) is 71.8 Å². The van der Waals surface area contributed by atoms with E-state index in [2.05, 4.69) is 50.8 Å². The lowest BCUT2D eigenvalue weighted by molar-refractivity contribution is 0.188. The van der Waals surface area contributed by atoms with Crippen LogP contribution in [0.25, 0.3) is 0 Å². The molecule has 0 aliphatic rings. The lowest BCUT2D eigenvalue weighted by Crippen LogP contribution is -2.09. The normalized spacial score (nSPS) is 13.8. The predicted octanol–water partition coefficient (Wildman–Crippen LogP) is 4.41. The van der Waals surface area contributed by atoms with Crippen molar-refractivity contribution in [3.63, 3.8) is 0 Å². The van der Waals surface area contributed by atoms with Crippen LogP contribution in [-0.4, -0.2) is 13.7 Å². The lowest BCUT2D eigenvalue weighted by atomic mass is 9.89. The topological polar surface area (TPSA) is 9.23 Å². The van der Waals surface area contributed by atoms with Gasteiger partial charge in [-0.1, -0.05) is 60.7 Å². The molecular formula is C17H22O. The first kappa shape index (κ1) is 14.5. The second-order valence-electron chi connectivity index (χ2n) is 4.40. The number of hydrogen-bond donors (Lipinski definition) is 0. The van der Waals surface area contributed by atoms with Crippen molar-refractivity contribution in [2.45, 2.75) is 19.8 Å². The maximum atomic E-state index is 5.36. The summed E-state index contributed by atoms with van der Waals surface area (Å²) >= 11 is 0. The highest BCUT2D eigenvalue weighted by atomic mass is 16.5. The maximum Gasteiger partial charge on any atom is 0.0568 e. The molecule has 0 fully saturated rings. The van der Waals surface area contributed by atoms with Crippen molar-refractivity contribution in [2.75, 3.05) is 13.7 Å². The molecular weight excluding hydrogens is 220 g/mol. The molecule has 18 heavy (non-hydrogen) atoms. The Hall–Kier alpha value is -1.60.